The molecule has 2 aromatic rings. The fourth-order valence-electron chi connectivity index (χ4n) is 1.57. The van der Waals surface area contributed by atoms with Crippen LogP contribution in [0.15, 0.2) is 45.7 Å². The Morgan fingerprint density at radius 1 is 1.38 bits per heavy atom. The summed E-state index contributed by atoms with van der Waals surface area (Å²) in [7, 11) is 0. The lowest BCUT2D eigenvalue weighted by Crippen LogP contribution is -2.04. The molecule has 0 bridgehead atoms. The number of benzene rings is 1. The van der Waals surface area contributed by atoms with Crippen LogP contribution in [0.3, 0.4) is 0 Å². The molecular formula is C13H11BrO2. The third-order valence-corrected chi connectivity index (χ3v) is 2.94. The highest BCUT2D eigenvalue weighted by Gasteiger charge is 2.10. The van der Waals surface area contributed by atoms with Gasteiger partial charge in [-0.3, -0.25) is 4.79 Å². The molecule has 0 spiro atoms. The van der Waals surface area contributed by atoms with Gasteiger partial charge < -0.3 is 4.42 Å². The van der Waals surface area contributed by atoms with Crippen molar-refractivity contribution in [1.82, 2.24) is 0 Å². The van der Waals surface area contributed by atoms with E-state index < -0.39 is 0 Å². The number of aryl methyl sites for hydroxylation is 1. The summed E-state index contributed by atoms with van der Waals surface area (Å²) in [6.45, 7) is 1.94. The molecule has 0 aliphatic carbocycles. The molecule has 0 aliphatic heterocycles. The molecule has 16 heavy (non-hydrogen) atoms. The second-order valence-corrected chi connectivity index (χ2v) is 4.61. The van der Waals surface area contributed by atoms with E-state index in [2.05, 4.69) is 15.9 Å². The molecule has 0 N–H and O–H groups in total. The van der Waals surface area contributed by atoms with Crippen molar-refractivity contribution >= 4 is 21.7 Å². The lowest BCUT2D eigenvalue weighted by atomic mass is 10.0. The standard InChI is InChI=1S/C13H11BrO2/c1-9-2-3-11(14)7-12(9)13(15)6-10-4-5-16-8-10/h2-5,7-8H,6H2,1H3. The monoisotopic (exact) mass is 278 g/mol. The minimum atomic E-state index is 0.111. The van der Waals surface area contributed by atoms with Gasteiger partial charge in [0.15, 0.2) is 5.78 Å². The summed E-state index contributed by atoms with van der Waals surface area (Å²) in [5, 5.41) is 0. The van der Waals surface area contributed by atoms with E-state index in [9.17, 15) is 4.79 Å². The van der Waals surface area contributed by atoms with E-state index in [4.69, 9.17) is 4.42 Å². The first kappa shape index (κ1) is 11.1. The van der Waals surface area contributed by atoms with E-state index in [0.717, 1.165) is 21.2 Å². The van der Waals surface area contributed by atoms with E-state index in [1.165, 1.54) is 0 Å². The summed E-state index contributed by atoms with van der Waals surface area (Å²) in [5.74, 6) is 0.111. The summed E-state index contributed by atoms with van der Waals surface area (Å²) in [5.41, 5.74) is 2.66. The Bertz CT molecular complexity index is 501. The Balaban J connectivity index is 2.24. The first-order chi connectivity index (χ1) is 7.66. The summed E-state index contributed by atoms with van der Waals surface area (Å²) >= 11 is 3.37. The van der Waals surface area contributed by atoms with Crippen molar-refractivity contribution in [3.05, 3.63) is 58.0 Å². The molecule has 82 valence electrons. The van der Waals surface area contributed by atoms with E-state index in [0.29, 0.717) is 6.42 Å². The van der Waals surface area contributed by atoms with Crippen LogP contribution in [0.1, 0.15) is 21.5 Å². The first-order valence-electron chi connectivity index (χ1n) is 4.97. The predicted molar refractivity (Wildman–Crippen MR) is 65.6 cm³/mol. The summed E-state index contributed by atoms with van der Waals surface area (Å²) < 4.78 is 5.87. The number of halogens is 1. The van der Waals surface area contributed by atoms with Crippen LogP contribution < -0.4 is 0 Å². The number of ketones is 1. The van der Waals surface area contributed by atoms with Gasteiger partial charge in [0, 0.05) is 16.5 Å². The fraction of sp³-hybridized carbons (Fsp3) is 0.154. The van der Waals surface area contributed by atoms with Crippen molar-refractivity contribution in [2.75, 3.05) is 0 Å². The number of Topliss-reactive ketones (excluding diaryl/α,β-unsaturated/α-hetero) is 1. The average molecular weight is 279 g/mol. The van der Waals surface area contributed by atoms with Gasteiger partial charge in [-0.15, -0.1) is 0 Å². The lowest BCUT2D eigenvalue weighted by molar-refractivity contribution is 0.0992. The third kappa shape index (κ3) is 2.42. The van der Waals surface area contributed by atoms with Crippen molar-refractivity contribution in [2.24, 2.45) is 0 Å². The molecule has 0 fully saturated rings. The van der Waals surface area contributed by atoms with Crippen LogP contribution >= 0.6 is 15.9 Å². The molecule has 2 rings (SSSR count). The zero-order chi connectivity index (χ0) is 11.5. The maximum absolute atomic E-state index is 12.0. The normalized spacial score (nSPS) is 10.4. The van der Waals surface area contributed by atoms with Gasteiger partial charge in [0.05, 0.1) is 12.5 Å². The van der Waals surface area contributed by atoms with Gasteiger partial charge in [0.25, 0.3) is 0 Å². The zero-order valence-electron chi connectivity index (χ0n) is 8.87. The molecule has 2 nitrogen and oxygen atoms in total. The second-order valence-electron chi connectivity index (χ2n) is 3.69. The van der Waals surface area contributed by atoms with E-state index >= 15 is 0 Å². The van der Waals surface area contributed by atoms with Crippen molar-refractivity contribution in [3.8, 4) is 0 Å². The fourth-order valence-corrected chi connectivity index (χ4v) is 1.93. The quantitative estimate of drug-likeness (QED) is 0.800. The SMILES string of the molecule is Cc1ccc(Br)cc1C(=O)Cc1ccoc1. The van der Waals surface area contributed by atoms with Crippen LogP contribution in [0.2, 0.25) is 0 Å². The molecule has 0 atom stereocenters. The van der Waals surface area contributed by atoms with Crippen molar-refractivity contribution in [3.63, 3.8) is 0 Å². The Morgan fingerprint density at radius 3 is 2.88 bits per heavy atom. The van der Waals surface area contributed by atoms with Crippen LogP contribution in [0.25, 0.3) is 0 Å². The van der Waals surface area contributed by atoms with Gasteiger partial charge in [0.2, 0.25) is 0 Å². The van der Waals surface area contributed by atoms with Gasteiger partial charge in [-0.25, -0.2) is 0 Å². The largest absolute Gasteiger partial charge is 0.472 e. The molecule has 0 saturated carbocycles. The number of carbonyl (C=O) groups is 1. The van der Waals surface area contributed by atoms with Crippen LogP contribution in [0.4, 0.5) is 0 Å². The molecule has 0 amide bonds. The van der Waals surface area contributed by atoms with Gasteiger partial charge in [-0.05, 0) is 36.2 Å². The van der Waals surface area contributed by atoms with Crippen LogP contribution in [0.5, 0.6) is 0 Å². The van der Waals surface area contributed by atoms with Crippen LogP contribution in [-0.2, 0) is 6.42 Å². The highest BCUT2D eigenvalue weighted by molar-refractivity contribution is 9.10. The summed E-state index contributed by atoms with van der Waals surface area (Å²) in [4.78, 5) is 12.0. The Kier molecular flexibility index (Phi) is 3.25. The van der Waals surface area contributed by atoms with Gasteiger partial charge >= 0.3 is 0 Å². The second kappa shape index (κ2) is 4.66. The van der Waals surface area contributed by atoms with Gasteiger partial charge in [-0.1, -0.05) is 22.0 Å². The number of hydrogen-bond donors (Lipinski definition) is 0. The molecule has 1 aromatic heterocycles. The molecule has 0 unspecified atom stereocenters. The van der Waals surface area contributed by atoms with Gasteiger partial charge in [0.1, 0.15) is 0 Å². The van der Waals surface area contributed by atoms with Crippen LogP contribution in [0, 0.1) is 6.92 Å². The lowest BCUT2D eigenvalue weighted by Gasteiger charge is -2.04. The maximum atomic E-state index is 12.0. The molecular weight excluding hydrogens is 268 g/mol. The van der Waals surface area contributed by atoms with E-state index in [1.54, 1.807) is 12.5 Å². The zero-order valence-corrected chi connectivity index (χ0v) is 10.5. The molecule has 0 radical (unpaired) electrons. The van der Waals surface area contributed by atoms with Crippen LogP contribution in [-0.4, -0.2) is 5.78 Å². The average Bonchev–Trinajstić information content (AvgIpc) is 2.74. The Labute approximate surface area is 102 Å². The van der Waals surface area contributed by atoms with Crippen molar-refractivity contribution in [2.45, 2.75) is 13.3 Å². The minimum Gasteiger partial charge on any atom is -0.472 e. The highest BCUT2D eigenvalue weighted by Crippen LogP contribution is 2.18. The smallest absolute Gasteiger partial charge is 0.167 e. The minimum absolute atomic E-state index is 0.111. The first-order valence-corrected chi connectivity index (χ1v) is 5.76. The van der Waals surface area contributed by atoms with Crippen molar-refractivity contribution < 1.29 is 9.21 Å². The Morgan fingerprint density at radius 2 is 2.19 bits per heavy atom. The number of rotatable bonds is 3. The molecule has 0 saturated heterocycles. The van der Waals surface area contributed by atoms with Gasteiger partial charge in [-0.2, -0.15) is 0 Å². The Hall–Kier alpha value is -1.35. The summed E-state index contributed by atoms with van der Waals surface area (Å²) in [6, 6.07) is 7.54. The van der Waals surface area contributed by atoms with Crippen molar-refractivity contribution in [1.29, 1.82) is 0 Å². The number of hydrogen-bond acceptors (Lipinski definition) is 2. The highest BCUT2D eigenvalue weighted by atomic mass is 79.9. The van der Waals surface area contributed by atoms with E-state index in [-0.39, 0.29) is 5.78 Å². The summed E-state index contributed by atoms with van der Waals surface area (Å²) in [6.07, 6.45) is 3.56. The number of furan rings is 1. The topological polar surface area (TPSA) is 30.2 Å². The number of carbonyl (C=O) groups excluding carboxylic acids is 1. The third-order valence-electron chi connectivity index (χ3n) is 2.44. The molecule has 1 heterocycles. The molecule has 1 aromatic carbocycles. The maximum Gasteiger partial charge on any atom is 0.167 e. The predicted octanol–water partition coefficient (Wildman–Crippen LogP) is 3.78. The van der Waals surface area contributed by atoms with E-state index in [1.807, 2.05) is 31.2 Å². The molecule has 3 heteroatoms. The molecule has 0 aliphatic rings.